The van der Waals surface area contributed by atoms with Gasteiger partial charge in [-0.1, -0.05) is 0 Å². The molecule has 0 radical (unpaired) electrons. The molecule has 0 aromatic heterocycles. The second kappa shape index (κ2) is 6.66. The molecule has 1 aliphatic rings. The van der Waals surface area contributed by atoms with Gasteiger partial charge in [-0.3, -0.25) is 14.3 Å². The molecule has 1 aliphatic heterocycles. The molecular weight excluding hydrogens is 294 g/mol. The fourth-order valence-electron chi connectivity index (χ4n) is 2.14. The van der Waals surface area contributed by atoms with Crippen LogP contribution in [0.2, 0.25) is 0 Å². The molecule has 1 aromatic carbocycles. The third-order valence-corrected chi connectivity index (χ3v) is 4.77. The molecule has 21 heavy (non-hydrogen) atoms. The van der Waals surface area contributed by atoms with E-state index in [0.29, 0.717) is 30.2 Å². The Morgan fingerprint density at radius 1 is 1.38 bits per heavy atom. The molecule has 1 fully saturated rings. The van der Waals surface area contributed by atoms with Crippen LogP contribution in [0.3, 0.4) is 0 Å². The highest BCUT2D eigenvalue weighted by Gasteiger charge is 2.24. The van der Waals surface area contributed by atoms with Crippen molar-refractivity contribution < 1.29 is 13.9 Å². The zero-order valence-electron chi connectivity index (χ0n) is 11.7. The summed E-state index contributed by atoms with van der Waals surface area (Å²) in [5.74, 6) is 1.10. The predicted molar refractivity (Wildman–Crippen MR) is 80.8 cm³/mol. The molecule has 0 bridgehead atoms. The van der Waals surface area contributed by atoms with Crippen molar-refractivity contribution in [2.75, 3.05) is 23.4 Å². The normalized spacial score (nSPS) is 22.4. The Morgan fingerprint density at radius 3 is 2.67 bits per heavy atom. The summed E-state index contributed by atoms with van der Waals surface area (Å²) in [5, 5.41) is 13.3. The van der Waals surface area contributed by atoms with Gasteiger partial charge in [-0.05, 0) is 25.5 Å². The molecule has 0 spiro atoms. The van der Waals surface area contributed by atoms with Crippen molar-refractivity contribution >= 4 is 28.2 Å². The second-order valence-corrected chi connectivity index (χ2v) is 6.61. The van der Waals surface area contributed by atoms with Crippen LogP contribution in [-0.4, -0.2) is 44.2 Å². The van der Waals surface area contributed by atoms with E-state index in [1.807, 2.05) is 6.92 Å². The van der Waals surface area contributed by atoms with Crippen molar-refractivity contribution in [3.63, 3.8) is 0 Å². The molecule has 2 amide bonds. The van der Waals surface area contributed by atoms with Gasteiger partial charge in [0.2, 0.25) is 0 Å². The number of benzene rings is 1. The number of nitrogens with zero attached hydrogens (tertiary/aromatic N) is 2. The van der Waals surface area contributed by atoms with Gasteiger partial charge in [0.25, 0.3) is 5.69 Å². The predicted octanol–water partition coefficient (Wildman–Crippen LogP) is 1.97. The summed E-state index contributed by atoms with van der Waals surface area (Å²) in [6.45, 7) is 2.38. The standard InChI is InChI=1S/C13H17N3O4S/c1-10-6-8-21(20)9-7-15(10)13(17)14-11-2-4-12(5-3-11)16(18)19/h2-5,10H,6-9H2,1H3,(H,14,17)/t10-,21-/m1/s1. The molecule has 8 heteroatoms. The van der Waals surface area contributed by atoms with Gasteiger partial charge in [0, 0.05) is 52.7 Å². The van der Waals surface area contributed by atoms with Crippen LogP contribution in [0.25, 0.3) is 0 Å². The number of anilines is 1. The van der Waals surface area contributed by atoms with Gasteiger partial charge in [0.15, 0.2) is 0 Å². The number of nitrogens with one attached hydrogen (secondary N) is 1. The molecule has 1 N–H and O–H groups in total. The molecule has 1 saturated heterocycles. The highest BCUT2D eigenvalue weighted by atomic mass is 32.2. The van der Waals surface area contributed by atoms with E-state index >= 15 is 0 Å². The molecule has 0 aliphatic carbocycles. The van der Waals surface area contributed by atoms with Gasteiger partial charge >= 0.3 is 6.03 Å². The van der Waals surface area contributed by atoms with E-state index in [-0.39, 0.29) is 17.8 Å². The van der Waals surface area contributed by atoms with E-state index in [9.17, 15) is 19.1 Å². The van der Waals surface area contributed by atoms with Gasteiger partial charge in [-0.15, -0.1) is 0 Å². The lowest BCUT2D eigenvalue weighted by Crippen LogP contribution is -2.42. The lowest BCUT2D eigenvalue weighted by atomic mass is 10.2. The summed E-state index contributed by atoms with van der Waals surface area (Å²) < 4.78 is 11.5. The highest BCUT2D eigenvalue weighted by Crippen LogP contribution is 2.17. The minimum Gasteiger partial charge on any atom is -0.321 e. The van der Waals surface area contributed by atoms with Crippen LogP contribution in [0.4, 0.5) is 16.2 Å². The zero-order valence-corrected chi connectivity index (χ0v) is 12.5. The number of carbonyl (C=O) groups is 1. The second-order valence-electron chi connectivity index (χ2n) is 4.91. The first-order chi connectivity index (χ1) is 9.97. The average Bonchev–Trinajstić information content (AvgIpc) is 2.61. The Bertz CT molecular complexity index is 561. The fourth-order valence-corrected chi connectivity index (χ4v) is 3.35. The first kappa shape index (κ1) is 15.4. The molecule has 114 valence electrons. The van der Waals surface area contributed by atoms with E-state index in [1.165, 1.54) is 24.3 Å². The molecular formula is C13H17N3O4S. The van der Waals surface area contributed by atoms with Gasteiger partial charge < -0.3 is 10.2 Å². The van der Waals surface area contributed by atoms with Crippen molar-refractivity contribution in [3.8, 4) is 0 Å². The number of amides is 2. The molecule has 2 atom stereocenters. The number of non-ortho nitro benzene ring substituents is 1. The van der Waals surface area contributed by atoms with Crippen molar-refractivity contribution in [2.45, 2.75) is 19.4 Å². The lowest BCUT2D eigenvalue weighted by molar-refractivity contribution is -0.384. The van der Waals surface area contributed by atoms with Crippen molar-refractivity contribution in [1.29, 1.82) is 0 Å². The zero-order chi connectivity index (χ0) is 15.4. The van der Waals surface area contributed by atoms with Crippen LogP contribution >= 0.6 is 0 Å². The summed E-state index contributed by atoms with van der Waals surface area (Å²) in [4.78, 5) is 24.0. The molecule has 2 rings (SSSR count). The Hall–Kier alpha value is -1.96. The van der Waals surface area contributed by atoms with Crippen molar-refractivity contribution in [3.05, 3.63) is 34.4 Å². The van der Waals surface area contributed by atoms with Gasteiger partial charge in [0.1, 0.15) is 0 Å². The Morgan fingerprint density at radius 2 is 2.05 bits per heavy atom. The van der Waals surface area contributed by atoms with Crippen LogP contribution in [0.15, 0.2) is 24.3 Å². The molecule has 1 aromatic rings. The number of hydrogen-bond donors (Lipinski definition) is 1. The molecule has 1 heterocycles. The quantitative estimate of drug-likeness (QED) is 0.667. The minimum atomic E-state index is -0.867. The Labute approximate surface area is 124 Å². The van der Waals surface area contributed by atoms with Crippen LogP contribution in [0, 0.1) is 10.1 Å². The maximum Gasteiger partial charge on any atom is 0.322 e. The van der Waals surface area contributed by atoms with E-state index < -0.39 is 15.7 Å². The molecule has 7 nitrogen and oxygen atoms in total. The highest BCUT2D eigenvalue weighted by molar-refractivity contribution is 7.85. The van der Waals surface area contributed by atoms with Crippen molar-refractivity contribution in [2.24, 2.45) is 0 Å². The Balaban J connectivity index is 2.02. The first-order valence-corrected chi connectivity index (χ1v) is 8.13. The maximum atomic E-state index is 12.2. The SMILES string of the molecule is C[C@@H]1CC[S@@](=O)CCN1C(=O)Nc1ccc([N+](=O)[O-])cc1. The van der Waals surface area contributed by atoms with Gasteiger partial charge in [-0.25, -0.2) is 4.79 Å². The largest absolute Gasteiger partial charge is 0.322 e. The fraction of sp³-hybridized carbons (Fsp3) is 0.462. The lowest BCUT2D eigenvalue weighted by Gasteiger charge is -2.26. The summed E-state index contributed by atoms with van der Waals surface area (Å²) in [6, 6.07) is 5.44. The van der Waals surface area contributed by atoms with Gasteiger partial charge in [0.05, 0.1) is 4.92 Å². The van der Waals surface area contributed by atoms with Crippen LogP contribution in [-0.2, 0) is 10.8 Å². The topological polar surface area (TPSA) is 92.6 Å². The summed E-state index contributed by atoms with van der Waals surface area (Å²) in [5.41, 5.74) is 0.481. The van der Waals surface area contributed by atoms with Crippen LogP contribution in [0.1, 0.15) is 13.3 Å². The summed E-state index contributed by atoms with van der Waals surface area (Å²) in [7, 11) is -0.867. The van der Waals surface area contributed by atoms with Crippen LogP contribution in [0.5, 0.6) is 0 Å². The van der Waals surface area contributed by atoms with E-state index in [1.54, 1.807) is 4.90 Å². The monoisotopic (exact) mass is 311 g/mol. The first-order valence-electron chi connectivity index (χ1n) is 6.64. The average molecular weight is 311 g/mol. The summed E-state index contributed by atoms with van der Waals surface area (Å²) in [6.07, 6.45) is 0.709. The number of urea groups is 1. The van der Waals surface area contributed by atoms with E-state index in [0.717, 1.165) is 0 Å². The molecule has 0 saturated carbocycles. The maximum absolute atomic E-state index is 12.2. The van der Waals surface area contributed by atoms with Gasteiger partial charge in [-0.2, -0.15) is 0 Å². The minimum absolute atomic E-state index is 0.0217. The Kier molecular flexibility index (Phi) is 4.89. The number of nitro groups is 1. The van der Waals surface area contributed by atoms with Crippen molar-refractivity contribution in [1.82, 2.24) is 4.90 Å². The van der Waals surface area contributed by atoms with E-state index in [2.05, 4.69) is 5.32 Å². The van der Waals surface area contributed by atoms with E-state index in [4.69, 9.17) is 0 Å². The van der Waals surface area contributed by atoms with Crippen LogP contribution < -0.4 is 5.32 Å². The third kappa shape index (κ3) is 4.01. The summed E-state index contributed by atoms with van der Waals surface area (Å²) >= 11 is 0. The number of nitro benzene ring substituents is 1. The smallest absolute Gasteiger partial charge is 0.321 e. The number of hydrogen-bond acceptors (Lipinski definition) is 4. The third-order valence-electron chi connectivity index (χ3n) is 3.45. The molecule has 0 unspecified atom stereocenters. The number of rotatable bonds is 2. The number of carbonyl (C=O) groups excluding carboxylic acids is 1.